The fraction of sp³-hybridized carbons (Fsp3) is 0.909. The van der Waals surface area contributed by atoms with Crippen LogP contribution in [0.1, 0.15) is 34.6 Å². The second kappa shape index (κ2) is 6.08. The standard InChI is InChI=1S/C11H23NO3/c1-6-12-11(5,10(13)14)7-15-9(4)8(2)3/h8-9,12H,6-7H2,1-5H3,(H,13,14). The van der Waals surface area contributed by atoms with Crippen LogP contribution in [0.25, 0.3) is 0 Å². The Morgan fingerprint density at radius 3 is 2.33 bits per heavy atom. The van der Waals surface area contributed by atoms with Crippen molar-refractivity contribution in [1.82, 2.24) is 5.32 Å². The minimum absolute atomic E-state index is 0.0716. The average Bonchev–Trinajstić information content (AvgIpc) is 2.14. The van der Waals surface area contributed by atoms with Crippen molar-refractivity contribution in [2.75, 3.05) is 13.2 Å². The molecule has 2 unspecified atom stereocenters. The molecule has 4 nitrogen and oxygen atoms in total. The largest absolute Gasteiger partial charge is 0.480 e. The Bertz CT molecular complexity index is 206. The molecule has 15 heavy (non-hydrogen) atoms. The summed E-state index contributed by atoms with van der Waals surface area (Å²) in [7, 11) is 0. The number of carbonyl (C=O) groups is 1. The van der Waals surface area contributed by atoms with Crippen molar-refractivity contribution in [3.05, 3.63) is 0 Å². The maximum atomic E-state index is 11.1. The van der Waals surface area contributed by atoms with Crippen LogP contribution >= 0.6 is 0 Å². The van der Waals surface area contributed by atoms with E-state index in [4.69, 9.17) is 9.84 Å². The second-order valence-electron chi connectivity index (χ2n) is 4.43. The Labute approximate surface area is 92.0 Å². The van der Waals surface area contributed by atoms with Gasteiger partial charge in [-0.2, -0.15) is 0 Å². The quantitative estimate of drug-likeness (QED) is 0.678. The molecule has 0 aliphatic rings. The fourth-order valence-electron chi connectivity index (χ4n) is 1.07. The highest BCUT2D eigenvalue weighted by Crippen LogP contribution is 2.11. The molecular weight excluding hydrogens is 194 g/mol. The number of ether oxygens (including phenoxy) is 1. The molecule has 0 radical (unpaired) electrons. The second-order valence-corrected chi connectivity index (χ2v) is 4.43. The number of carboxylic acid groups (broad SMARTS) is 1. The zero-order valence-electron chi connectivity index (χ0n) is 10.3. The Morgan fingerprint density at radius 2 is 2.00 bits per heavy atom. The van der Waals surface area contributed by atoms with E-state index < -0.39 is 11.5 Å². The molecule has 0 fully saturated rings. The van der Waals surface area contributed by atoms with Crippen LogP contribution in [0.15, 0.2) is 0 Å². The summed E-state index contributed by atoms with van der Waals surface area (Å²) in [5, 5.41) is 12.0. The van der Waals surface area contributed by atoms with Gasteiger partial charge in [0.15, 0.2) is 0 Å². The van der Waals surface area contributed by atoms with Gasteiger partial charge in [-0.25, -0.2) is 0 Å². The van der Waals surface area contributed by atoms with Crippen LogP contribution in [0.3, 0.4) is 0 Å². The summed E-state index contributed by atoms with van der Waals surface area (Å²) < 4.78 is 5.54. The maximum absolute atomic E-state index is 11.1. The van der Waals surface area contributed by atoms with Gasteiger partial charge in [0.1, 0.15) is 5.54 Å². The zero-order chi connectivity index (χ0) is 12.1. The van der Waals surface area contributed by atoms with Gasteiger partial charge >= 0.3 is 5.97 Å². The molecule has 0 bridgehead atoms. The van der Waals surface area contributed by atoms with Gasteiger partial charge in [-0.1, -0.05) is 20.8 Å². The summed E-state index contributed by atoms with van der Waals surface area (Å²) in [6.45, 7) is 10.4. The van der Waals surface area contributed by atoms with E-state index in [9.17, 15) is 4.79 Å². The number of aliphatic carboxylic acids is 1. The predicted octanol–water partition coefficient (Wildman–Crippen LogP) is 1.50. The van der Waals surface area contributed by atoms with Gasteiger partial charge in [-0.05, 0) is 26.3 Å². The van der Waals surface area contributed by atoms with E-state index in [1.165, 1.54) is 0 Å². The third kappa shape index (κ3) is 4.62. The van der Waals surface area contributed by atoms with Crippen molar-refractivity contribution in [1.29, 1.82) is 0 Å². The molecule has 2 N–H and O–H groups in total. The Kier molecular flexibility index (Phi) is 5.83. The smallest absolute Gasteiger partial charge is 0.326 e. The monoisotopic (exact) mass is 217 g/mol. The van der Waals surface area contributed by atoms with Gasteiger partial charge in [-0.15, -0.1) is 0 Å². The number of rotatable bonds is 7. The highest BCUT2D eigenvalue weighted by molar-refractivity contribution is 5.78. The molecule has 0 aromatic rings. The van der Waals surface area contributed by atoms with Gasteiger partial charge in [-0.3, -0.25) is 4.79 Å². The van der Waals surface area contributed by atoms with Crippen molar-refractivity contribution in [2.24, 2.45) is 5.92 Å². The highest BCUT2D eigenvalue weighted by atomic mass is 16.5. The Hall–Kier alpha value is -0.610. The van der Waals surface area contributed by atoms with Gasteiger partial charge in [0.2, 0.25) is 0 Å². The minimum atomic E-state index is -0.988. The summed E-state index contributed by atoms with van der Waals surface area (Å²) in [5.41, 5.74) is -0.988. The van der Waals surface area contributed by atoms with Crippen LogP contribution in [0, 0.1) is 5.92 Å². The molecule has 0 aromatic carbocycles. The Balaban J connectivity index is 4.25. The lowest BCUT2D eigenvalue weighted by atomic mass is 10.0. The first-order chi connectivity index (χ1) is 6.83. The molecule has 0 amide bonds. The minimum Gasteiger partial charge on any atom is -0.480 e. The van der Waals surface area contributed by atoms with Crippen LogP contribution in [-0.4, -0.2) is 35.9 Å². The Morgan fingerprint density at radius 1 is 1.47 bits per heavy atom. The third-order valence-electron chi connectivity index (χ3n) is 2.61. The average molecular weight is 217 g/mol. The topological polar surface area (TPSA) is 58.6 Å². The number of carboxylic acids is 1. The molecule has 4 heteroatoms. The van der Waals surface area contributed by atoms with E-state index in [1.807, 2.05) is 13.8 Å². The van der Waals surface area contributed by atoms with Crippen LogP contribution < -0.4 is 5.32 Å². The van der Waals surface area contributed by atoms with Crippen molar-refractivity contribution in [3.8, 4) is 0 Å². The summed E-state index contributed by atoms with van der Waals surface area (Å²) in [5.74, 6) is -0.482. The first-order valence-electron chi connectivity index (χ1n) is 5.43. The van der Waals surface area contributed by atoms with E-state index in [2.05, 4.69) is 19.2 Å². The van der Waals surface area contributed by atoms with E-state index in [0.717, 1.165) is 0 Å². The third-order valence-corrected chi connectivity index (χ3v) is 2.61. The fourth-order valence-corrected chi connectivity index (χ4v) is 1.07. The normalized spacial score (nSPS) is 17.5. The lowest BCUT2D eigenvalue weighted by Crippen LogP contribution is -2.53. The number of hydrogen-bond donors (Lipinski definition) is 2. The molecule has 0 aromatic heterocycles. The lowest BCUT2D eigenvalue weighted by molar-refractivity contribution is -0.148. The summed E-state index contributed by atoms with van der Waals surface area (Å²) >= 11 is 0. The summed E-state index contributed by atoms with van der Waals surface area (Å²) in [6, 6.07) is 0. The van der Waals surface area contributed by atoms with Crippen molar-refractivity contribution < 1.29 is 14.6 Å². The maximum Gasteiger partial charge on any atom is 0.326 e. The highest BCUT2D eigenvalue weighted by Gasteiger charge is 2.33. The van der Waals surface area contributed by atoms with Gasteiger partial charge in [0.25, 0.3) is 0 Å². The van der Waals surface area contributed by atoms with Crippen LogP contribution in [0.5, 0.6) is 0 Å². The molecule has 90 valence electrons. The lowest BCUT2D eigenvalue weighted by Gasteiger charge is -2.28. The molecule has 0 saturated carbocycles. The molecule has 0 aliphatic carbocycles. The van der Waals surface area contributed by atoms with Crippen LogP contribution in [-0.2, 0) is 9.53 Å². The van der Waals surface area contributed by atoms with Crippen LogP contribution in [0.4, 0.5) is 0 Å². The van der Waals surface area contributed by atoms with Crippen molar-refractivity contribution in [3.63, 3.8) is 0 Å². The van der Waals surface area contributed by atoms with E-state index in [-0.39, 0.29) is 12.7 Å². The first kappa shape index (κ1) is 14.4. The molecule has 0 rings (SSSR count). The van der Waals surface area contributed by atoms with E-state index >= 15 is 0 Å². The van der Waals surface area contributed by atoms with Crippen molar-refractivity contribution >= 4 is 5.97 Å². The number of hydrogen-bond acceptors (Lipinski definition) is 3. The molecular formula is C11H23NO3. The molecule has 2 atom stereocenters. The summed E-state index contributed by atoms with van der Waals surface area (Å²) in [4.78, 5) is 11.1. The van der Waals surface area contributed by atoms with Gasteiger partial charge in [0, 0.05) is 0 Å². The molecule has 0 saturated heterocycles. The molecule has 0 spiro atoms. The van der Waals surface area contributed by atoms with E-state index in [0.29, 0.717) is 12.5 Å². The number of likely N-dealkylation sites (N-methyl/N-ethyl adjacent to an activating group) is 1. The van der Waals surface area contributed by atoms with Gasteiger partial charge in [0.05, 0.1) is 12.7 Å². The van der Waals surface area contributed by atoms with E-state index in [1.54, 1.807) is 6.92 Å². The SMILES string of the molecule is CCNC(C)(COC(C)C(C)C)C(=O)O. The predicted molar refractivity (Wildman–Crippen MR) is 60.0 cm³/mol. The van der Waals surface area contributed by atoms with Gasteiger partial charge < -0.3 is 15.2 Å². The summed E-state index contributed by atoms with van der Waals surface area (Å²) in [6.07, 6.45) is 0.0716. The molecule has 0 heterocycles. The zero-order valence-corrected chi connectivity index (χ0v) is 10.3. The first-order valence-corrected chi connectivity index (χ1v) is 5.43. The van der Waals surface area contributed by atoms with Crippen molar-refractivity contribution in [2.45, 2.75) is 46.3 Å². The molecule has 0 aliphatic heterocycles. The number of nitrogens with one attached hydrogen (secondary N) is 1. The van der Waals surface area contributed by atoms with Crippen LogP contribution in [0.2, 0.25) is 0 Å².